The van der Waals surface area contributed by atoms with Gasteiger partial charge in [0.15, 0.2) is 0 Å². The number of hydrogen-bond acceptors (Lipinski definition) is 2. The maximum atomic E-state index is 11.8. The number of benzene rings is 1. The van der Waals surface area contributed by atoms with Crippen molar-refractivity contribution < 1.29 is 9.90 Å². The summed E-state index contributed by atoms with van der Waals surface area (Å²) < 4.78 is 0.855. The lowest BCUT2D eigenvalue weighted by atomic mass is 9.84. The first-order valence-electron chi connectivity index (χ1n) is 6.26. The van der Waals surface area contributed by atoms with Gasteiger partial charge < -0.3 is 10.4 Å². The quantitative estimate of drug-likeness (QED) is 0.898. The third-order valence-electron chi connectivity index (χ3n) is 3.54. The van der Waals surface area contributed by atoms with E-state index in [-0.39, 0.29) is 18.4 Å². The molecule has 1 amide bonds. The van der Waals surface area contributed by atoms with Crippen LogP contribution >= 0.6 is 15.9 Å². The molecule has 0 aromatic heterocycles. The molecule has 1 atom stereocenters. The zero-order chi connectivity index (χ0) is 13.2. The second kappa shape index (κ2) is 5.41. The van der Waals surface area contributed by atoms with Gasteiger partial charge in [-0.1, -0.05) is 40.5 Å². The number of carbonyl (C=O) groups is 1. The molecule has 0 radical (unpaired) electrons. The minimum atomic E-state index is -1.06. The lowest BCUT2D eigenvalue weighted by molar-refractivity contribution is -0.128. The molecule has 98 valence electrons. The molecule has 2 N–H and O–H groups in total. The summed E-state index contributed by atoms with van der Waals surface area (Å²) in [4.78, 5) is 11.8. The minimum absolute atomic E-state index is 0.0635. The summed E-state index contributed by atoms with van der Waals surface area (Å²) in [6.07, 6.45) is 3.09. The largest absolute Gasteiger partial charge is 0.384 e. The fourth-order valence-corrected chi connectivity index (χ4v) is 2.78. The topological polar surface area (TPSA) is 49.3 Å². The highest BCUT2D eigenvalue weighted by Gasteiger charge is 2.29. The third kappa shape index (κ3) is 2.93. The average Bonchev–Trinajstić information content (AvgIpc) is 2.24. The number of hydrogen-bond donors (Lipinski definition) is 2. The van der Waals surface area contributed by atoms with Crippen LogP contribution < -0.4 is 5.32 Å². The van der Waals surface area contributed by atoms with Crippen LogP contribution in [0, 0.1) is 5.92 Å². The smallest absolute Gasteiger partial charge is 0.223 e. The molecule has 0 heterocycles. The van der Waals surface area contributed by atoms with Crippen molar-refractivity contribution in [2.24, 2.45) is 5.92 Å². The van der Waals surface area contributed by atoms with Crippen molar-refractivity contribution in [1.29, 1.82) is 0 Å². The monoisotopic (exact) mass is 311 g/mol. The predicted octanol–water partition coefficient (Wildman–Crippen LogP) is 2.57. The highest BCUT2D eigenvalue weighted by molar-refractivity contribution is 9.10. The Morgan fingerprint density at radius 3 is 2.72 bits per heavy atom. The maximum absolute atomic E-state index is 11.8. The second-order valence-corrected chi connectivity index (χ2v) is 5.95. The summed E-state index contributed by atoms with van der Waals surface area (Å²) in [7, 11) is 0. The standard InChI is InChI=1S/C14H18BrNO2/c1-14(18,11-7-2-3-8-12(11)15)9-16-13(17)10-5-4-6-10/h2-3,7-8,10,18H,4-6,9H2,1H3,(H,16,17)/t14-/m1/s1. The predicted molar refractivity (Wildman–Crippen MR) is 74.1 cm³/mol. The Kier molecular flexibility index (Phi) is 4.07. The Morgan fingerprint density at radius 2 is 2.17 bits per heavy atom. The van der Waals surface area contributed by atoms with Gasteiger partial charge >= 0.3 is 0 Å². The van der Waals surface area contributed by atoms with Gasteiger partial charge in [0.1, 0.15) is 5.60 Å². The fourth-order valence-electron chi connectivity index (χ4n) is 2.07. The molecule has 1 aliphatic carbocycles. The van der Waals surface area contributed by atoms with Crippen LogP contribution in [0.15, 0.2) is 28.7 Å². The highest BCUT2D eigenvalue weighted by Crippen LogP contribution is 2.29. The van der Waals surface area contributed by atoms with Crippen molar-refractivity contribution in [3.63, 3.8) is 0 Å². The van der Waals surface area contributed by atoms with E-state index >= 15 is 0 Å². The summed E-state index contributed by atoms with van der Waals surface area (Å²) in [5, 5.41) is 13.3. The van der Waals surface area contributed by atoms with Crippen molar-refractivity contribution in [3.8, 4) is 0 Å². The van der Waals surface area contributed by atoms with Crippen LogP contribution in [0.1, 0.15) is 31.7 Å². The van der Waals surface area contributed by atoms with Gasteiger partial charge in [0.05, 0.1) is 6.54 Å². The molecule has 1 saturated carbocycles. The molecule has 0 bridgehead atoms. The van der Waals surface area contributed by atoms with Gasteiger partial charge in [0.2, 0.25) is 5.91 Å². The van der Waals surface area contributed by atoms with Crippen molar-refractivity contribution in [2.75, 3.05) is 6.54 Å². The number of rotatable bonds is 4. The number of halogens is 1. The van der Waals surface area contributed by atoms with Crippen LogP contribution in [0.25, 0.3) is 0 Å². The zero-order valence-corrected chi connectivity index (χ0v) is 12.0. The van der Waals surface area contributed by atoms with E-state index in [2.05, 4.69) is 21.2 Å². The van der Waals surface area contributed by atoms with Crippen LogP contribution in [0.4, 0.5) is 0 Å². The Morgan fingerprint density at radius 1 is 1.50 bits per heavy atom. The van der Waals surface area contributed by atoms with Crippen LogP contribution in [-0.2, 0) is 10.4 Å². The van der Waals surface area contributed by atoms with Crippen LogP contribution in [0.5, 0.6) is 0 Å². The van der Waals surface area contributed by atoms with E-state index in [1.165, 1.54) is 0 Å². The Balaban J connectivity index is 1.98. The maximum Gasteiger partial charge on any atom is 0.223 e. The first-order chi connectivity index (χ1) is 8.50. The molecular weight excluding hydrogens is 294 g/mol. The molecule has 0 spiro atoms. The minimum Gasteiger partial charge on any atom is -0.384 e. The number of carbonyl (C=O) groups excluding carboxylic acids is 1. The molecule has 18 heavy (non-hydrogen) atoms. The van der Waals surface area contributed by atoms with Crippen molar-refractivity contribution >= 4 is 21.8 Å². The first-order valence-corrected chi connectivity index (χ1v) is 7.05. The van der Waals surface area contributed by atoms with E-state index < -0.39 is 5.60 Å². The summed E-state index contributed by atoms with van der Waals surface area (Å²) >= 11 is 3.42. The van der Waals surface area contributed by atoms with Crippen molar-refractivity contribution in [3.05, 3.63) is 34.3 Å². The molecule has 1 aromatic rings. The van der Waals surface area contributed by atoms with Gasteiger partial charge in [-0.15, -0.1) is 0 Å². The van der Waals surface area contributed by atoms with E-state index in [1.807, 2.05) is 24.3 Å². The lowest BCUT2D eigenvalue weighted by Crippen LogP contribution is -2.42. The van der Waals surface area contributed by atoms with Gasteiger partial charge in [-0.2, -0.15) is 0 Å². The molecule has 4 heteroatoms. The molecular formula is C14H18BrNO2. The molecule has 0 unspecified atom stereocenters. The number of aliphatic hydroxyl groups is 1. The van der Waals surface area contributed by atoms with Gasteiger partial charge in [-0.3, -0.25) is 4.79 Å². The van der Waals surface area contributed by atoms with Crippen LogP contribution in [0.3, 0.4) is 0 Å². The van der Waals surface area contributed by atoms with Gasteiger partial charge in [0.25, 0.3) is 0 Å². The highest BCUT2D eigenvalue weighted by atomic mass is 79.9. The van der Waals surface area contributed by atoms with Crippen molar-refractivity contribution in [1.82, 2.24) is 5.32 Å². The Hall–Kier alpha value is -0.870. The Labute approximate surface area is 116 Å². The molecule has 1 aliphatic rings. The van der Waals surface area contributed by atoms with E-state index in [0.717, 1.165) is 29.3 Å². The summed E-state index contributed by atoms with van der Waals surface area (Å²) in [6.45, 7) is 1.96. The van der Waals surface area contributed by atoms with Crippen LogP contribution in [0.2, 0.25) is 0 Å². The van der Waals surface area contributed by atoms with E-state index in [4.69, 9.17) is 0 Å². The summed E-state index contributed by atoms with van der Waals surface area (Å²) in [6, 6.07) is 7.52. The van der Waals surface area contributed by atoms with E-state index in [9.17, 15) is 9.90 Å². The third-order valence-corrected chi connectivity index (χ3v) is 4.23. The molecule has 0 saturated heterocycles. The Bertz CT molecular complexity index is 441. The van der Waals surface area contributed by atoms with Gasteiger partial charge in [-0.05, 0) is 31.4 Å². The average molecular weight is 312 g/mol. The van der Waals surface area contributed by atoms with Crippen molar-refractivity contribution in [2.45, 2.75) is 31.8 Å². The molecule has 1 aromatic carbocycles. The molecule has 0 aliphatic heterocycles. The second-order valence-electron chi connectivity index (χ2n) is 5.10. The number of amides is 1. The van der Waals surface area contributed by atoms with Gasteiger partial charge in [-0.25, -0.2) is 0 Å². The zero-order valence-electron chi connectivity index (χ0n) is 10.4. The van der Waals surface area contributed by atoms with E-state index in [0.29, 0.717) is 0 Å². The summed E-state index contributed by atoms with van der Waals surface area (Å²) in [5.41, 5.74) is -0.265. The van der Waals surface area contributed by atoms with E-state index in [1.54, 1.807) is 6.92 Å². The SMILES string of the molecule is C[C@@](O)(CNC(=O)C1CCC1)c1ccccc1Br. The normalized spacial score (nSPS) is 18.8. The fraction of sp³-hybridized carbons (Fsp3) is 0.500. The lowest BCUT2D eigenvalue weighted by Gasteiger charge is -2.29. The molecule has 3 nitrogen and oxygen atoms in total. The summed E-state index contributed by atoms with van der Waals surface area (Å²) in [5.74, 6) is 0.216. The van der Waals surface area contributed by atoms with Gasteiger partial charge in [0, 0.05) is 10.4 Å². The number of nitrogens with one attached hydrogen (secondary N) is 1. The van der Waals surface area contributed by atoms with Crippen LogP contribution in [-0.4, -0.2) is 17.6 Å². The molecule has 1 fully saturated rings. The molecule has 2 rings (SSSR count). The first kappa shape index (κ1) is 13.6.